The third-order valence-electron chi connectivity index (χ3n) is 4.79. The first-order valence-electron chi connectivity index (χ1n) is 7.89. The molecule has 2 aliphatic rings. The number of rotatable bonds is 4. The van der Waals surface area contributed by atoms with E-state index < -0.39 is 17.5 Å². The van der Waals surface area contributed by atoms with E-state index in [0.29, 0.717) is 24.8 Å². The molecule has 1 saturated heterocycles. The predicted molar refractivity (Wildman–Crippen MR) is 82.4 cm³/mol. The lowest BCUT2D eigenvalue weighted by Crippen LogP contribution is -2.59. The van der Waals surface area contributed by atoms with Gasteiger partial charge in [-0.15, -0.1) is 0 Å². The number of primary amides is 1. The van der Waals surface area contributed by atoms with E-state index in [9.17, 15) is 14.0 Å². The lowest BCUT2D eigenvalue weighted by Gasteiger charge is -2.28. The van der Waals surface area contributed by atoms with E-state index >= 15 is 0 Å². The minimum Gasteiger partial charge on any atom is -0.368 e. The molecular formula is C16H21FN4O2. The number of hydrogen-bond donors (Lipinski definition) is 4. The predicted octanol–water partition coefficient (Wildman–Crippen LogP) is 0.648. The molecule has 1 aromatic rings. The highest BCUT2D eigenvalue weighted by molar-refractivity contribution is 5.92. The second-order valence-electron chi connectivity index (χ2n) is 6.29. The van der Waals surface area contributed by atoms with Gasteiger partial charge in [-0.1, -0.05) is 31.0 Å². The normalized spacial score (nSPS) is 26.1. The number of carbonyl (C=O) groups excluding carboxylic acids is 2. The molecule has 0 spiro atoms. The van der Waals surface area contributed by atoms with Crippen LogP contribution in [0.1, 0.15) is 43.7 Å². The molecule has 0 radical (unpaired) electrons. The molecule has 1 aliphatic carbocycles. The summed E-state index contributed by atoms with van der Waals surface area (Å²) < 4.78 is 13.8. The zero-order valence-electron chi connectivity index (χ0n) is 12.8. The van der Waals surface area contributed by atoms with Crippen LogP contribution >= 0.6 is 0 Å². The molecule has 0 aromatic heterocycles. The number of halogens is 1. The molecule has 6 nitrogen and oxygen atoms in total. The maximum absolute atomic E-state index is 13.8. The van der Waals surface area contributed by atoms with E-state index in [1.807, 2.05) is 0 Å². The first-order chi connectivity index (χ1) is 11.0. The minimum absolute atomic E-state index is 0.281. The molecule has 1 aliphatic heterocycles. The number of hydrogen-bond acceptors (Lipinski definition) is 4. The Bertz CT molecular complexity index is 616. The first-order valence-corrected chi connectivity index (χ1v) is 7.89. The largest absolute Gasteiger partial charge is 0.368 e. The highest BCUT2D eigenvalue weighted by Gasteiger charge is 2.43. The Morgan fingerprint density at radius 2 is 1.91 bits per heavy atom. The summed E-state index contributed by atoms with van der Waals surface area (Å²) in [5.74, 6) is -1.07. The van der Waals surface area contributed by atoms with Crippen molar-refractivity contribution in [1.29, 1.82) is 0 Å². The molecule has 0 bridgehead atoms. The van der Waals surface area contributed by atoms with Crippen LogP contribution in [0.15, 0.2) is 24.3 Å². The average molecular weight is 320 g/mol. The Morgan fingerprint density at radius 1 is 1.22 bits per heavy atom. The van der Waals surface area contributed by atoms with Crippen LogP contribution in [0.2, 0.25) is 0 Å². The van der Waals surface area contributed by atoms with Gasteiger partial charge in [0.2, 0.25) is 11.8 Å². The van der Waals surface area contributed by atoms with Crippen LogP contribution in [0.25, 0.3) is 0 Å². The van der Waals surface area contributed by atoms with Gasteiger partial charge in [0.25, 0.3) is 0 Å². The van der Waals surface area contributed by atoms with E-state index in [1.165, 1.54) is 6.07 Å². The van der Waals surface area contributed by atoms with Crippen LogP contribution in [0.5, 0.6) is 0 Å². The van der Waals surface area contributed by atoms with Gasteiger partial charge in [0.1, 0.15) is 17.4 Å². The average Bonchev–Trinajstić information content (AvgIpc) is 3.17. The summed E-state index contributed by atoms with van der Waals surface area (Å²) in [5, 5.41) is 2.81. The standard InChI is InChI=1S/C16H21FN4O2/c17-11-6-2-1-5-10(11)12-9-13(21-20-12)14(22)19-16(15(18)23)7-3-4-8-16/h1-2,5-6,12-13,20-21H,3-4,7-9H2,(H2,18,23)(H,19,22). The van der Waals surface area contributed by atoms with E-state index in [1.54, 1.807) is 18.2 Å². The highest BCUT2D eigenvalue weighted by Crippen LogP contribution is 2.30. The second-order valence-corrected chi connectivity index (χ2v) is 6.29. The molecular weight excluding hydrogens is 299 g/mol. The molecule has 1 saturated carbocycles. The van der Waals surface area contributed by atoms with Gasteiger partial charge in [0, 0.05) is 5.56 Å². The summed E-state index contributed by atoms with van der Waals surface area (Å²) in [6, 6.07) is 5.65. The van der Waals surface area contributed by atoms with Gasteiger partial charge in [-0.2, -0.15) is 0 Å². The second kappa shape index (κ2) is 6.25. The van der Waals surface area contributed by atoms with Crippen LogP contribution in [-0.2, 0) is 9.59 Å². The number of benzene rings is 1. The fourth-order valence-electron chi connectivity index (χ4n) is 3.42. The molecule has 124 valence electrons. The van der Waals surface area contributed by atoms with E-state index in [-0.39, 0.29) is 17.8 Å². The first kappa shape index (κ1) is 15.9. The molecule has 2 unspecified atom stereocenters. The summed E-state index contributed by atoms with van der Waals surface area (Å²) in [4.78, 5) is 24.2. The van der Waals surface area contributed by atoms with Crippen molar-refractivity contribution in [3.05, 3.63) is 35.6 Å². The van der Waals surface area contributed by atoms with Gasteiger partial charge < -0.3 is 11.1 Å². The van der Waals surface area contributed by atoms with Gasteiger partial charge in [0.15, 0.2) is 0 Å². The lowest BCUT2D eigenvalue weighted by atomic mass is 9.95. The summed E-state index contributed by atoms with van der Waals surface area (Å²) in [6.07, 6.45) is 3.30. The number of hydrazine groups is 1. The van der Waals surface area contributed by atoms with Gasteiger partial charge in [-0.05, 0) is 25.3 Å². The highest BCUT2D eigenvalue weighted by atomic mass is 19.1. The molecule has 2 amide bonds. The third kappa shape index (κ3) is 3.07. The summed E-state index contributed by atoms with van der Waals surface area (Å²) in [6.45, 7) is 0. The van der Waals surface area contributed by atoms with Crippen LogP contribution in [0.4, 0.5) is 4.39 Å². The van der Waals surface area contributed by atoms with Gasteiger partial charge in [0.05, 0.1) is 6.04 Å². The topological polar surface area (TPSA) is 96.2 Å². The van der Waals surface area contributed by atoms with Gasteiger partial charge in [-0.25, -0.2) is 15.2 Å². The Balaban J connectivity index is 1.66. The van der Waals surface area contributed by atoms with Gasteiger partial charge in [-0.3, -0.25) is 9.59 Å². The van der Waals surface area contributed by atoms with E-state index in [2.05, 4.69) is 16.2 Å². The van der Waals surface area contributed by atoms with Crippen molar-refractivity contribution in [2.45, 2.75) is 49.7 Å². The summed E-state index contributed by atoms with van der Waals surface area (Å²) >= 11 is 0. The van der Waals surface area contributed by atoms with E-state index in [0.717, 1.165) is 12.8 Å². The van der Waals surface area contributed by atoms with Crippen molar-refractivity contribution in [2.75, 3.05) is 0 Å². The quantitative estimate of drug-likeness (QED) is 0.655. The molecule has 23 heavy (non-hydrogen) atoms. The van der Waals surface area contributed by atoms with Crippen molar-refractivity contribution in [3.63, 3.8) is 0 Å². The smallest absolute Gasteiger partial charge is 0.243 e. The Labute approximate surface area is 134 Å². The molecule has 2 fully saturated rings. The van der Waals surface area contributed by atoms with Crippen molar-refractivity contribution < 1.29 is 14.0 Å². The fourth-order valence-corrected chi connectivity index (χ4v) is 3.42. The van der Waals surface area contributed by atoms with E-state index in [4.69, 9.17) is 5.73 Å². The number of nitrogens with one attached hydrogen (secondary N) is 3. The van der Waals surface area contributed by atoms with Crippen LogP contribution in [-0.4, -0.2) is 23.4 Å². The monoisotopic (exact) mass is 320 g/mol. The van der Waals surface area contributed by atoms with Crippen LogP contribution in [0, 0.1) is 5.82 Å². The van der Waals surface area contributed by atoms with Crippen molar-refractivity contribution in [3.8, 4) is 0 Å². The molecule has 1 heterocycles. The molecule has 1 aromatic carbocycles. The Kier molecular flexibility index (Phi) is 4.32. The van der Waals surface area contributed by atoms with Gasteiger partial charge >= 0.3 is 0 Å². The molecule has 3 rings (SSSR count). The van der Waals surface area contributed by atoms with Crippen LogP contribution in [0.3, 0.4) is 0 Å². The summed E-state index contributed by atoms with van der Waals surface area (Å²) in [5.41, 5.74) is 10.9. The summed E-state index contributed by atoms with van der Waals surface area (Å²) in [7, 11) is 0. The van der Waals surface area contributed by atoms with Crippen molar-refractivity contribution in [2.24, 2.45) is 5.73 Å². The fraction of sp³-hybridized carbons (Fsp3) is 0.500. The maximum atomic E-state index is 13.8. The zero-order chi connectivity index (χ0) is 16.4. The molecule has 5 N–H and O–H groups in total. The minimum atomic E-state index is -0.936. The Morgan fingerprint density at radius 3 is 2.57 bits per heavy atom. The number of carbonyl (C=O) groups is 2. The Hall–Kier alpha value is -1.99. The van der Waals surface area contributed by atoms with Crippen LogP contribution < -0.4 is 21.9 Å². The maximum Gasteiger partial charge on any atom is 0.243 e. The number of amides is 2. The lowest BCUT2D eigenvalue weighted by molar-refractivity contribution is -0.132. The third-order valence-corrected chi connectivity index (χ3v) is 4.79. The zero-order valence-corrected chi connectivity index (χ0v) is 12.8. The number of nitrogens with two attached hydrogens (primary N) is 1. The van der Waals surface area contributed by atoms with Crippen molar-refractivity contribution in [1.82, 2.24) is 16.2 Å². The van der Waals surface area contributed by atoms with Crippen molar-refractivity contribution >= 4 is 11.8 Å². The molecule has 2 atom stereocenters. The SMILES string of the molecule is NC(=O)C1(NC(=O)C2CC(c3ccccc3F)NN2)CCCC1. The molecule has 7 heteroatoms.